The first-order valence-corrected chi connectivity index (χ1v) is 10.2. The summed E-state index contributed by atoms with van der Waals surface area (Å²) in [4.78, 5) is 19.7. The summed E-state index contributed by atoms with van der Waals surface area (Å²) in [6.45, 7) is 6.49. The average molecular weight is 381 g/mol. The van der Waals surface area contributed by atoms with Crippen molar-refractivity contribution in [2.24, 2.45) is 0 Å². The minimum absolute atomic E-state index is 0.123. The van der Waals surface area contributed by atoms with Crippen LogP contribution in [-0.4, -0.2) is 66.2 Å². The van der Waals surface area contributed by atoms with Crippen LogP contribution in [0.5, 0.6) is 0 Å². The molecule has 1 fully saturated rings. The Bertz CT molecular complexity index is 664. The highest BCUT2D eigenvalue weighted by molar-refractivity contribution is 7.13. The molecule has 1 amide bonds. The molecule has 0 aromatic carbocycles. The van der Waals surface area contributed by atoms with Crippen LogP contribution in [-0.2, 0) is 11.3 Å². The van der Waals surface area contributed by atoms with E-state index < -0.39 is 6.10 Å². The number of rotatable bonds is 7. The topological polar surface area (TPSA) is 53.0 Å². The van der Waals surface area contributed by atoms with Gasteiger partial charge in [0.1, 0.15) is 0 Å². The van der Waals surface area contributed by atoms with Crippen LogP contribution in [0.15, 0.2) is 29.6 Å². The number of aliphatic hydroxyl groups excluding tert-OH is 1. The number of thiophene rings is 2. The number of β-amino-alcohol motifs (C(OH)–C–C–N with tert-alkyl or cyclic N) is 1. The van der Waals surface area contributed by atoms with Gasteiger partial charge < -0.3 is 14.7 Å². The molecular weight excluding hydrogens is 356 g/mol. The summed E-state index contributed by atoms with van der Waals surface area (Å²) in [6.07, 6.45) is -0.498. The molecular formula is C18H24N2O3S2. The summed E-state index contributed by atoms with van der Waals surface area (Å²) >= 11 is 3.21. The van der Waals surface area contributed by atoms with E-state index in [0.717, 1.165) is 22.8 Å². The molecule has 1 N–H and O–H groups in total. The minimum Gasteiger partial charge on any atom is -0.389 e. The molecule has 1 aliphatic heterocycles. The fraction of sp³-hybridized carbons (Fsp3) is 0.500. The zero-order valence-electron chi connectivity index (χ0n) is 14.4. The highest BCUT2D eigenvalue weighted by Crippen LogP contribution is 2.18. The van der Waals surface area contributed by atoms with Crippen molar-refractivity contribution in [1.82, 2.24) is 9.80 Å². The van der Waals surface area contributed by atoms with E-state index in [-0.39, 0.29) is 5.91 Å². The number of hydrogen-bond donors (Lipinski definition) is 1. The van der Waals surface area contributed by atoms with E-state index in [1.54, 1.807) is 22.7 Å². The van der Waals surface area contributed by atoms with Gasteiger partial charge in [-0.05, 0) is 30.5 Å². The van der Waals surface area contributed by atoms with Crippen LogP contribution in [0, 0.1) is 6.92 Å². The van der Waals surface area contributed by atoms with Crippen LogP contribution in [0.1, 0.15) is 19.4 Å². The normalized spacial score (nSPS) is 17.0. The molecule has 5 nitrogen and oxygen atoms in total. The number of ether oxygens (including phenoxy) is 1. The molecule has 25 heavy (non-hydrogen) atoms. The van der Waals surface area contributed by atoms with Crippen LogP contribution in [0.3, 0.4) is 0 Å². The van der Waals surface area contributed by atoms with Gasteiger partial charge in [-0.3, -0.25) is 9.69 Å². The fourth-order valence-corrected chi connectivity index (χ4v) is 4.36. The van der Waals surface area contributed by atoms with Gasteiger partial charge in [-0.15, -0.1) is 22.7 Å². The number of carbonyl (C=O) groups excluding carboxylic acids is 1. The first-order valence-electron chi connectivity index (χ1n) is 8.48. The van der Waals surface area contributed by atoms with Crippen molar-refractivity contribution in [1.29, 1.82) is 0 Å². The molecule has 3 heterocycles. The van der Waals surface area contributed by atoms with Crippen molar-refractivity contribution < 1.29 is 14.6 Å². The second kappa shape index (κ2) is 8.91. The Morgan fingerprint density at radius 2 is 2.08 bits per heavy atom. The molecule has 1 atom stereocenters. The molecule has 7 heteroatoms. The molecule has 0 bridgehead atoms. The third-order valence-electron chi connectivity index (χ3n) is 4.21. The Kier molecular flexibility index (Phi) is 6.61. The van der Waals surface area contributed by atoms with Crippen molar-refractivity contribution in [2.45, 2.75) is 19.6 Å². The van der Waals surface area contributed by atoms with Crippen LogP contribution >= 0.6 is 22.7 Å². The van der Waals surface area contributed by atoms with E-state index in [1.807, 2.05) is 41.5 Å². The quantitative estimate of drug-likeness (QED) is 0.802. The van der Waals surface area contributed by atoms with Crippen LogP contribution in [0.2, 0.25) is 0 Å². The van der Waals surface area contributed by atoms with Gasteiger partial charge in [-0.1, -0.05) is 6.07 Å². The summed E-state index contributed by atoms with van der Waals surface area (Å²) in [5, 5.41) is 12.2. The van der Waals surface area contributed by atoms with Crippen LogP contribution in [0.4, 0.5) is 0 Å². The molecule has 0 spiro atoms. The van der Waals surface area contributed by atoms with E-state index in [0.29, 0.717) is 32.8 Å². The van der Waals surface area contributed by atoms with Crippen LogP contribution in [0.25, 0.3) is 0 Å². The number of aryl methyl sites for hydroxylation is 1. The molecule has 136 valence electrons. The number of aliphatic hydroxyl groups is 1. The molecule has 0 radical (unpaired) electrons. The number of amides is 1. The number of piperazine rings is 1. The zero-order valence-corrected chi connectivity index (χ0v) is 16.0. The Morgan fingerprint density at radius 1 is 1.28 bits per heavy atom. The smallest absolute Gasteiger partial charge is 0.264 e. The first kappa shape index (κ1) is 18.5. The predicted molar refractivity (Wildman–Crippen MR) is 101 cm³/mol. The van der Waals surface area contributed by atoms with E-state index >= 15 is 0 Å². The van der Waals surface area contributed by atoms with Crippen molar-refractivity contribution in [3.63, 3.8) is 0 Å². The van der Waals surface area contributed by atoms with E-state index in [9.17, 15) is 9.90 Å². The molecule has 1 unspecified atom stereocenters. The lowest BCUT2D eigenvalue weighted by molar-refractivity contribution is 0.00274. The predicted octanol–water partition coefficient (Wildman–Crippen LogP) is 2.45. The van der Waals surface area contributed by atoms with Gasteiger partial charge >= 0.3 is 0 Å². The molecule has 1 aliphatic rings. The second-order valence-electron chi connectivity index (χ2n) is 6.25. The first-order chi connectivity index (χ1) is 12.1. The van der Waals surface area contributed by atoms with Gasteiger partial charge in [-0.25, -0.2) is 0 Å². The molecule has 1 saturated heterocycles. The lowest BCUT2D eigenvalue weighted by atomic mass is 10.2. The van der Waals surface area contributed by atoms with Gasteiger partial charge in [0.05, 0.1) is 24.2 Å². The molecule has 0 saturated carbocycles. The summed E-state index contributed by atoms with van der Waals surface area (Å²) < 4.78 is 5.57. The second-order valence-corrected chi connectivity index (χ2v) is 8.57. The highest BCUT2D eigenvalue weighted by Gasteiger charge is 2.24. The monoisotopic (exact) mass is 380 g/mol. The lowest BCUT2D eigenvalue weighted by Crippen LogP contribution is -2.50. The SMILES string of the molecule is Cc1ccc(C(=O)N2CCN(CC(O)COCc3cccs3)CC2)s1. The van der Waals surface area contributed by atoms with Gasteiger partial charge in [0.15, 0.2) is 0 Å². The van der Waals surface area contributed by atoms with Crippen molar-refractivity contribution in [3.05, 3.63) is 44.3 Å². The fourth-order valence-electron chi connectivity index (χ4n) is 2.88. The number of hydrogen-bond acceptors (Lipinski definition) is 6. The van der Waals surface area contributed by atoms with Gasteiger partial charge in [0, 0.05) is 42.5 Å². The van der Waals surface area contributed by atoms with Gasteiger partial charge in [-0.2, -0.15) is 0 Å². The zero-order chi connectivity index (χ0) is 17.6. The van der Waals surface area contributed by atoms with Crippen LogP contribution < -0.4 is 0 Å². The van der Waals surface area contributed by atoms with E-state index in [2.05, 4.69) is 4.90 Å². The summed E-state index contributed by atoms with van der Waals surface area (Å²) in [5.74, 6) is 0.123. The maximum absolute atomic E-state index is 12.4. The van der Waals surface area contributed by atoms with Crippen molar-refractivity contribution >= 4 is 28.6 Å². The maximum atomic E-state index is 12.4. The molecule has 0 aliphatic carbocycles. The molecule has 2 aromatic rings. The lowest BCUT2D eigenvalue weighted by Gasteiger charge is -2.35. The van der Waals surface area contributed by atoms with Crippen molar-refractivity contribution in [3.8, 4) is 0 Å². The van der Waals surface area contributed by atoms with Crippen molar-refractivity contribution in [2.75, 3.05) is 39.3 Å². The van der Waals surface area contributed by atoms with E-state index in [1.165, 1.54) is 4.88 Å². The largest absolute Gasteiger partial charge is 0.389 e. The average Bonchev–Trinajstić information content (AvgIpc) is 3.27. The molecule has 2 aromatic heterocycles. The Balaban J connectivity index is 1.36. The minimum atomic E-state index is -0.498. The van der Waals surface area contributed by atoms with Gasteiger partial charge in [0.25, 0.3) is 5.91 Å². The summed E-state index contributed by atoms with van der Waals surface area (Å²) in [5.41, 5.74) is 0. The summed E-state index contributed by atoms with van der Waals surface area (Å²) in [6, 6.07) is 7.92. The molecule has 3 rings (SSSR count). The standard InChI is InChI=1S/C18H24N2O3S2/c1-14-4-5-17(25-14)18(22)20-8-6-19(7-9-20)11-15(21)12-23-13-16-3-2-10-24-16/h2-5,10,15,21H,6-9,11-13H2,1H3. The van der Waals surface area contributed by atoms with Gasteiger partial charge in [0.2, 0.25) is 0 Å². The Morgan fingerprint density at radius 3 is 2.72 bits per heavy atom. The third-order valence-corrected chi connectivity index (χ3v) is 6.05. The number of carbonyl (C=O) groups is 1. The number of nitrogens with zero attached hydrogens (tertiary/aromatic N) is 2. The Hall–Kier alpha value is -1.25. The third kappa shape index (κ3) is 5.36. The summed E-state index contributed by atoms with van der Waals surface area (Å²) in [7, 11) is 0. The van der Waals surface area contributed by atoms with E-state index in [4.69, 9.17) is 4.74 Å². The Labute approximate surface area is 156 Å². The highest BCUT2D eigenvalue weighted by atomic mass is 32.1. The maximum Gasteiger partial charge on any atom is 0.264 e.